The molecule has 0 heterocycles. The SMILES string of the molecule is CCCN(CC(=O)OC)C(=O)c1ccc(C)c(O)c1. The summed E-state index contributed by atoms with van der Waals surface area (Å²) in [6, 6.07) is 4.72. The van der Waals surface area contributed by atoms with E-state index in [2.05, 4.69) is 4.74 Å². The normalized spacial score (nSPS) is 10.1. The molecule has 0 saturated carbocycles. The third-order valence-electron chi connectivity index (χ3n) is 2.78. The number of rotatable bonds is 5. The number of phenols is 1. The lowest BCUT2D eigenvalue weighted by molar-refractivity contribution is -0.141. The molecule has 1 rings (SSSR count). The van der Waals surface area contributed by atoms with Gasteiger partial charge in [-0.25, -0.2) is 0 Å². The number of benzene rings is 1. The predicted octanol–water partition coefficient (Wildman–Crippen LogP) is 1.73. The first-order valence-corrected chi connectivity index (χ1v) is 6.15. The highest BCUT2D eigenvalue weighted by Gasteiger charge is 2.19. The molecule has 0 spiro atoms. The third kappa shape index (κ3) is 3.98. The van der Waals surface area contributed by atoms with Crippen LogP contribution >= 0.6 is 0 Å². The number of esters is 1. The first-order chi connectivity index (χ1) is 8.99. The molecule has 1 aromatic carbocycles. The number of phenolic OH excluding ortho intramolecular Hbond substituents is 1. The van der Waals surface area contributed by atoms with Crippen LogP contribution in [0.25, 0.3) is 0 Å². The largest absolute Gasteiger partial charge is 0.508 e. The van der Waals surface area contributed by atoms with Crippen molar-refractivity contribution >= 4 is 11.9 Å². The van der Waals surface area contributed by atoms with E-state index in [1.54, 1.807) is 19.1 Å². The Morgan fingerprint density at radius 1 is 1.37 bits per heavy atom. The number of aryl methyl sites for hydroxylation is 1. The molecular formula is C14H19NO4. The molecule has 0 aliphatic rings. The second-order valence-electron chi connectivity index (χ2n) is 4.30. The summed E-state index contributed by atoms with van der Waals surface area (Å²) < 4.78 is 4.57. The molecule has 0 fully saturated rings. The summed E-state index contributed by atoms with van der Waals surface area (Å²) in [6.07, 6.45) is 0.737. The average molecular weight is 265 g/mol. The van der Waals surface area contributed by atoms with Gasteiger partial charge in [0, 0.05) is 12.1 Å². The van der Waals surface area contributed by atoms with Gasteiger partial charge in [-0.3, -0.25) is 9.59 Å². The molecule has 0 bridgehead atoms. The number of aromatic hydroxyl groups is 1. The third-order valence-corrected chi connectivity index (χ3v) is 2.78. The van der Waals surface area contributed by atoms with E-state index in [9.17, 15) is 14.7 Å². The van der Waals surface area contributed by atoms with Crippen LogP contribution in [-0.2, 0) is 9.53 Å². The minimum absolute atomic E-state index is 0.0698. The first-order valence-electron chi connectivity index (χ1n) is 6.15. The standard InChI is InChI=1S/C14H19NO4/c1-4-7-15(9-13(17)19-3)14(18)11-6-5-10(2)12(16)8-11/h5-6,8,16H,4,7,9H2,1-3H3. The van der Waals surface area contributed by atoms with Crippen LogP contribution in [0.15, 0.2) is 18.2 Å². The second-order valence-corrected chi connectivity index (χ2v) is 4.30. The van der Waals surface area contributed by atoms with Gasteiger partial charge >= 0.3 is 5.97 Å². The maximum Gasteiger partial charge on any atom is 0.325 e. The Morgan fingerprint density at radius 2 is 2.05 bits per heavy atom. The summed E-state index contributed by atoms with van der Waals surface area (Å²) in [5.74, 6) is -0.680. The van der Waals surface area contributed by atoms with Gasteiger partial charge in [-0.15, -0.1) is 0 Å². The van der Waals surface area contributed by atoms with Gasteiger partial charge in [-0.1, -0.05) is 13.0 Å². The van der Waals surface area contributed by atoms with Crippen molar-refractivity contribution in [2.24, 2.45) is 0 Å². The molecule has 19 heavy (non-hydrogen) atoms. The fourth-order valence-electron chi connectivity index (χ4n) is 1.67. The number of nitrogens with zero attached hydrogens (tertiary/aromatic N) is 1. The highest BCUT2D eigenvalue weighted by atomic mass is 16.5. The van der Waals surface area contributed by atoms with Crippen LogP contribution in [0.5, 0.6) is 5.75 Å². The number of amides is 1. The quantitative estimate of drug-likeness (QED) is 0.823. The number of hydrogen-bond donors (Lipinski definition) is 1. The molecule has 1 aromatic rings. The Balaban J connectivity index is 2.91. The molecule has 5 heteroatoms. The van der Waals surface area contributed by atoms with Crippen molar-refractivity contribution in [2.75, 3.05) is 20.2 Å². The first kappa shape index (κ1) is 15.0. The van der Waals surface area contributed by atoms with Gasteiger partial charge in [0.05, 0.1) is 7.11 Å². The molecule has 104 valence electrons. The molecule has 0 unspecified atom stereocenters. The molecule has 0 atom stereocenters. The molecule has 1 N–H and O–H groups in total. The summed E-state index contributed by atoms with van der Waals surface area (Å²) in [5.41, 5.74) is 1.06. The predicted molar refractivity (Wildman–Crippen MR) is 71.1 cm³/mol. The second kappa shape index (κ2) is 6.78. The Hall–Kier alpha value is -2.04. The Morgan fingerprint density at radius 3 is 2.58 bits per heavy atom. The van der Waals surface area contributed by atoms with E-state index in [1.165, 1.54) is 18.1 Å². The topological polar surface area (TPSA) is 66.8 Å². The van der Waals surface area contributed by atoms with E-state index in [0.29, 0.717) is 17.7 Å². The van der Waals surface area contributed by atoms with Gasteiger partial charge < -0.3 is 14.7 Å². The number of carbonyl (C=O) groups is 2. The Bertz CT molecular complexity index is 471. The number of carbonyl (C=O) groups excluding carboxylic acids is 2. The van der Waals surface area contributed by atoms with E-state index in [-0.39, 0.29) is 18.2 Å². The van der Waals surface area contributed by atoms with Crippen LogP contribution in [0.4, 0.5) is 0 Å². The van der Waals surface area contributed by atoms with Crippen molar-refractivity contribution in [3.05, 3.63) is 29.3 Å². The van der Waals surface area contributed by atoms with Crippen molar-refractivity contribution in [1.29, 1.82) is 0 Å². The highest BCUT2D eigenvalue weighted by molar-refractivity contribution is 5.96. The minimum Gasteiger partial charge on any atom is -0.508 e. The highest BCUT2D eigenvalue weighted by Crippen LogP contribution is 2.18. The molecule has 0 aliphatic carbocycles. The molecule has 5 nitrogen and oxygen atoms in total. The number of ether oxygens (including phenoxy) is 1. The van der Waals surface area contributed by atoms with Crippen molar-refractivity contribution in [3.63, 3.8) is 0 Å². The lowest BCUT2D eigenvalue weighted by Gasteiger charge is -2.21. The van der Waals surface area contributed by atoms with E-state index in [4.69, 9.17) is 0 Å². The maximum absolute atomic E-state index is 12.3. The van der Waals surface area contributed by atoms with Gasteiger partial charge in [-0.05, 0) is 31.0 Å². The van der Waals surface area contributed by atoms with Crippen LogP contribution in [0.2, 0.25) is 0 Å². The van der Waals surface area contributed by atoms with Gasteiger partial charge in [0.2, 0.25) is 0 Å². The maximum atomic E-state index is 12.3. The zero-order valence-electron chi connectivity index (χ0n) is 11.5. The smallest absolute Gasteiger partial charge is 0.325 e. The molecule has 0 aliphatic heterocycles. The summed E-state index contributed by atoms with van der Waals surface area (Å²) in [6.45, 7) is 4.05. The van der Waals surface area contributed by atoms with Crippen LogP contribution in [0, 0.1) is 6.92 Å². The molecule has 0 saturated heterocycles. The molecule has 0 radical (unpaired) electrons. The van der Waals surface area contributed by atoms with Crippen LogP contribution in [0.1, 0.15) is 29.3 Å². The zero-order valence-corrected chi connectivity index (χ0v) is 11.5. The summed E-state index contributed by atoms with van der Waals surface area (Å²) in [5, 5.41) is 9.63. The van der Waals surface area contributed by atoms with Gasteiger partial charge in [0.15, 0.2) is 0 Å². The molecular weight excluding hydrogens is 246 g/mol. The van der Waals surface area contributed by atoms with Crippen LogP contribution in [-0.4, -0.2) is 42.1 Å². The Labute approximate surface area is 112 Å². The van der Waals surface area contributed by atoms with Crippen molar-refractivity contribution in [2.45, 2.75) is 20.3 Å². The number of hydrogen-bond acceptors (Lipinski definition) is 4. The van der Waals surface area contributed by atoms with Crippen LogP contribution < -0.4 is 0 Å². The number of methoxy groups -OCH3 is 1. The zero-order chi connectivity index (χ0) is 14.4. The minimum atomic E-state index is -0.460. The van der Waals surface area contributed by atoms with Crippen molar-refractivity contribution in [1.82, 2.24) is 4.90 Å². The van der Waals surface area contributed by atoms with E-state index < -0.39 is 5.97 Å². The average Bonchev–Trinajstić information content (AvgIpc) is 2.40. The molecule has 1 amide bonds. The monoisotopic (exact) mass is 265 g/mol. The van der Waals surface area contributed by atoms with Crippen LogP contribution in [0.3, 0.4) is 0 Å². The van der Waals surface area contributed by atoms with Gasteiger partial charge in [0.1, 0.15) is 12.3 Å². The summed E-state index contributed by atoms with van der Waals surface area (Å²) in [4.78, 5) is 25.0. The van der Waals surface area contributed by atoms with E-state index in [0.717, 1.165) is 6.42 Å². The van der Waals surface area contributed by atoms with E-state index in [1.807, 2.05) is 6.92 Å². The summed E-state index contributed by atoms with van der Waals surface area (Å²) >= 11 is 0. The van der Waals surface area contributed by atoms with Gasteiger partial charge in [-0.2, -0.15) is 0 Å². The fraction of sp³-hybridized carbons (Fsp3) is 0.429. The Kier molecular flexibility index (Phi) is 5.36. The lowest BCUT2D eigenvalue weighted by atomic mass is 10.1. The van der Waals surface area contributed by atoms with E-state index >= 15 is 0 Å². The van der Waals surface area contributed by atoms with Gasteiger partial charge in [0.25, 0.3) is 5.91 Å². The molecule has 0 aromatic heterocycles. The fourth-order valence-corrected chi connectivity index (χ4v) is 1.67. The van der Waals surface area contributed by atoms with Crippen molar-refractivity contribution in [3.8, 4) is 5.75 Å². The lowest BCUT2D eigenvalue weighted by Crippen LogP contribution is -2.36. The van der Waals surface area contributed by atoms with Crippen molar-refractivity contribution < 1.29 is 19.4 Å². The summed E-state index contributed by atoms with van der Waals surface area (Å²) in [7, 11) is 1.29.